The second kappa shape index (κ2) is 9.93. The molecular formula is C19H20N8O6S2. The smallest absolute Gasteiger partial charge is 0.352 e. The molecule has 3 unspecified atom stereocenters. The molecule has 0 spiro atoms. The number of nitrogens with two attached hydrogens (primary N) is 2. The minimum atomic E-state index is -1.35. The van der Waals surface area contributed by atoms with Crippen LogP contribution in [-0.2, 0) is 19.2 Å². The molecule has 0 aliphatic carbocycles. The van der Waals surface area contributed by atoms with E-state index in [9.17, 15) is 29.4 Å². The van der Waals surface area contributed by atoms with Gasteiger partial charge in [0.25, 0.3) is 5.91 Å². The summed E-state index contributed by atoms with van der Waals surface area (Å²) in [5, 5.41) is 34.0. The number of phenols is 1. The SMILES string of the molecule is NC(=O)CC(Sc1nn[nH]n1)C1=C(C(=O)O)N2C(=O)C(NC(=O)C(N)c3ccc(O)cc3)[C@@H]2SC1. The van der Waals surface area contributed by atoms with Crippen LogP contribution in [0.15, 0.2) is 40.7 Å². The Kier molecular flexibility index (Phi) is 6.95. The second-order valence-electron chi connectivity index (χ2n) is 7.62. The highest BCUT2D eigenvalue weighted by molar-refractivity contribution is 8.01. The van der Waals surface area contributed by atoms with Gasteiger partial charge < -0.3 is 27.0 Å². The number of nitrogens with one attached hydrogen (secondary N) is 2. The summed E-state index contributed by atoms with van der Waals surface area (Å²) in [5.41, 5.74) is 11.8. The van der Waals surface area contributed by atoms with E-state index in [0.29, 0.717) is 11.1 Å². The molecule has 1 aromatic heterocycles. The molecule has 4 rings (SSSR count). The van der Waals surface area contributed by atoms with E-state index >= 15 is 0 Å². The molecule has 2 aliphatic rings. The highest BCUT2D eigenvalue weighted by Gasteiger charge is 2.55. The van der Waals surface area contributed by atoms with E-state index in [2.05, 4.69) is 25.9 Å². The summed E-state index contributed by atoms with van der Waals surface area (Å²) in [7, 11) is 0. The van der Waals surface area contributed by atoms with Crippen molar-refractivity contribution in [3.05, 3.63) is 41.1 Å². The van der Waals surface area contributed by atoms with Crippen molar-refractivity contribution in [1.82, 2.24) is 30.8 Å². The largest absolute Gasteiger partial charge is 0.508 e. The van der Waals surface area contributed by atoms with Gasteiger partial charge in [0, 0.05) is 17.4 Å². The lowest BCUT2D eigenvalue weighted by atomic mass is 9.99. The van der Waals surface area contributed by atoms with Crippen molar-refractivity contribution in [1.29, 1.82) is 0 Å². The fourth-order valence-corrected chi connectivity index (χ4v) is 6.26. The number of amides is 3. The van der Waals surface area contributed by atoms with Gasteiger partial charge in [-0.05, 0) is 28.5 Å². The molecule has 3 heterocycles. The third kappa shape index (κ3) is 4.94. The van der Waals surface area contributed by atoms with Crippen LogP contribution >= 0.6 is 23.5 Å². The second-order valence-corrected chi connectivity index (χ2v) is 9.89. The number of H-pyrrole nitrogens is 1. The number of carboxylic acids is 1. The number of thioether (sulfide) groups is 2. The Bertz CT molecular complexity index is 1190. The zero-order valence-corrected chi connectivity index (χ0v) is 19.5. The number of β-lactam (4-membered cyclic amide) rings is 1. The van der Waals surface area contributed by atoms with Crippen LogP contribution in [0.25, 0.3) is 0 Å². The van der Waals surface area contributed by atoms with Crippen LogP contribution in [0.1, 0.15) is 18.0 Å². The predicted molar refractivity (Wildman–Crippen MR) is 122 cm³/mol. The first-order valence-electron chi connectivity index (χ1n) is 10.1. The molecular weight excluding hydrogens is 500 g/mol. The van der Waals surface area contributed by atoms with Crippen LogP contribution in [0.5, 0.6) is 5.75 Å². The van der Waals surface area contributed by atoms with Gasteiger partial charge in [-0.1, -0.05) is 23.9 Å². The summed E-state index contributed by atoms with van der Waals surface area (Å²) in [5.74, 6) is -3.09. The summed E-state index contributed by atoms with van der Waals surface area (Å²) in [6.45, 7) is 0. The number of fused-ring (bicyclic) bond motifs is 1. The molecule has 2 aromatic rings. The van der Waals surface area contributed by atoms with E-state index in [-0.39, 0.29) is 28.8 Å². The van der Waals surface area contributed by atoms with Crippen LogP contribution in [0, 0.1) is 0 Å². The number of hydrogen-bond donors (Lipinski definition) is 6. The number of aromatic nitrogens is 4. The van der Waals surface area contributed by atoms with Crippen molar-refractivity contribution in [3.8, 4) is 5.75 Å². The van der Waals surface area contributed by atoms with E-state index in [4.69, 9.17) is 11.5 Å². The van der Waals surface area contributed by atoms with E-state index in [1.807, 2.05) is 0 Å². The number of carbonyl (C=O) groups excluding carboxylic acids is 3. The van der Waals surface area contributed by atoms with Gasteiger partial charge in [-0.3, -0.25) is 19.3 Å². The molecule has 1 aromatic carbocycles. The molecule has 0 saturated carbocycles. The number of hydrogen-bond acceptors (Lipinski definition) is 11. The van der Waals surface area contributed by atoms with E-state index in [0.717, 1.165) is 16.7 Å². The Morgan fingerprint density at radius 1 is 1.31 bits per heavy atom. The van der Waals surface area contributed by atoms with Gasteiger partial charge in [0.1, 0.15) is 28.9 Å². The minimum absolute atomic E-state index is 0.0145. The van der Waals surface area contributed by atoms with Gasteiger partial charge in [0.15, 0.2) is 0 Å². The molecule has 16 heteroatoms. The fourth-order valence-electron chi connectivity index (χ4n) is 3.71. The van der Waals surface area contributed by atoms with Crippen molar-refractivity contribution in [3.63, 3.8) is 0 Å². The minimum Gasteiger partial charge on any atom is -0.508 e. The number of benzene rings is 1. The summed E-state index contributed by atoms with van der Waals surface area (Å²) >= 11 is 2.24. The number of aromatic hydroxyl groups is 1. The van der Waals surface area contributed by atoms with Crippen molar-refractivity contribution in [2.24, 2.45) is 11.5 Å². The van der Waals surface area contributed by atoms with Crippen LogP contribution < -0.4 is 16.8 Å². The summed E-state index contributed by atoms with van der Waals surface area (Å²) < 4.78 is 0. The van der Waals surface area contributed by atoms with Crippen LogP contribution in [0.4, 0.5) is 0 Å². The first kappa shape index (κ1) is 24.5. The average molecular weight is 521 g/mol. The van der Waals surface area contributed by atoms with E-state index in [1.165, 1.54) is 36.0 Å². The Morgan fingerprint density at radius 3 is 2.63 bits per heavy atom. The number of carbonyl (C=O) groups is 4. The maximum atomic E-state index is 12.9. The molecule has 3 amide bonds. The lowest BCUT2D eigenvalue weighted by Crippen LogP contribution is -2.71. The zero-order valence-electron chi connectivity index (χ0n) is 17.8. The van der Waals surface area contributed by atoms with E-state index in [1.54, 1.807) is 0 Å². The maximum Gasteiger partial charge on any atom is 0.352 e. The average Bonchev–Trinajstić information content (AvgIpc) is 3.33. The van der Waals surface area contributed by atoms with Crippen molar-refractivity contribution in [2.75, 3.05) is 5.75 Å². The molecule has 184 valence electrons. The molecule has 4 atom stereocenters. The van der Waals surface area contributed by atoms with Gasteiger partial charge in [0.2, 0.25) is 17.0 Å². The lowest BCUT2D eigenvalue weighted by molar-refractivity contribution is -0.150. The van der Waals surface area contributed by atoms with Gasteiger partial charge in [0.05, 0.1) is 0 Å². The number of tetrazole rings is 1. The summed E-state index contributed by atoms with van der Waals surface area (Å²) in [4.78, 5) is 50.5. The van der Waals surface area contributed by atoms with Gasteiger partial charge >= 0.3 is 5.97 Å². The van der Waals surface area contributed by atoms with Gasteiger partial charge in [-0.15, -0.1) is 22.0 Å². The van der Waals surface area contributed by atoms with Crippen molar-refractivity contribution < 1.29 is 29.4 Å². The number of nitrogens with zero attached hydrogens (tertiary/aromatic N) is 4. The molecule has 35 heavy (non-hydrogen) atoms. The highest BCUT2D eigenvalue weighted by Crippen LogP contribution is 2.44. The molecule has 8 N–H and O–H groups in total. The molecule has 2 aliphatic heterocycles. The molecule has 0 bridgehead atoms. The van der Waals surface area contributed by atoms with Crippen LogP contribution in [0.2, 0.25) is 0 Å². The Hall–Kier alpha value is -3.63. The zero-order chi connectivity index (χ0) is 25.3. The predicted octanol–water partition coefficient (Wildman–Crippen LogP) is -1.32. The summed E-state index contributed by atoms with van der Waals surface area (Å²) in [6.07, 6.45) is -0.208. The molecule has 14 nitrogen and oxygen atoms in total. The number of aliphatic carboxylic acids is 1. The Labute approximate surface area is 205 Å². The quantitative estimate of drug-likeness (QED) is 0.167. The van der Waals surface area contributed by atoms with Crippen LogP contribution in [0.3, 0.4) is 0 Å². The Balaban J connectivity index is 1.54. The number of primary amides is 1. The van der Waals surface area contributed by atoms with Crippen molar-refractivity contribution >= 4 is 47.2 Å². The van der Waals surface area contributed by atoms with Gasteiger partial charge in [-0.2, -0.15) is 5.21 Å². The van der Waals surface area contributed by atoms with Crippen molar-refractivity contribution in [2.45, 2.75) is 34.3 Å². The fraction of sp³-hybridized carbons (Fsp3) is 0.316. The number of phenolic OH excluding ortho intramolecular Hbond substituents is 1. The molecule has 0 radical (unpaired) electrons. The van der Waals surface area contributed by atoms with Gasteiger partial charge in [-0.25, -0.2) is 4.79 Å². The third-order valence-electron chi connectivity index (χ3n) is 5.38. The molecule has 1 fully saturated rings. The number of carboxylic acid groups (broad SMARTS) is 1. The first-order chi connectivity index (χ1) is 16.7. The third-order valence-corrected chi connectivity index (χ3v) is 7.80. The summed E-state index contributed by atoms with van der Waals surface area (Å²) in [6, 6.07) is 3.67. The normalized spacial score (nSPS) is 21.1. The number of rotatable bonds is 9. The topological polar surface area (TPSA) is 231 Å². The monoisotopic (exact) mass is 520 g/mol. The Morgan fingerprint density at radius 2 is 2.03 bits per heavy atom. The van der Waals surface area contributed by atoms with E-state index < -0.39 is 46.4 Å². The lowest BCUT2D eigenvalue weighted by Gasteiger charge is -2.50. The highest BCUT2D eigenvalue weighted by atomic mass is 32.2. The first-order valence-corrected chi connectivity index (χ1v) is 12.0. The maximum absolute atomic E-state index is 12.9. The standard InChI is InChI=1S/C19H20N8O6S2/c20-11(29)5-10(35-19-23-25-26-24-19)9-6-34-17-13(16(31)27(17)14(9)18(32)33)22-15(30)12(21)7-1-3-8(28)4-2-7/h1-4,10,12-13,17,28H,5-6,21H2,(H2,20,29)(H,22,30)(H,32,33)(H,23,24,25,26)/t10?,12?,13?,17-/m0/s1. The van der Waals surface area contributed by atoms with Crippen LogP contribution in [-0.4, -0.2) is 81.8 Å². The molecule has 1 saturated heterocycles. The number of aromatic amines is 1.